The minimum Gasteiger partial charge on any atom is -0.481 e. The molecule has 5 nitrogen and oxygen atoms in total. The van der Waals surface area contributed by atoms with E-state index in [1.807, 2.05) is 0 Å². The first kappa shape index (κ1) is 15.0. The normalized spacial score (nSPS) is 26.2. The van der Waals surface area contributed by atoms with Crippen LogP contribution in [0.25, 0.3) is 0 Å². The van der Waals surface area contributed by atoms with Gasteiger partial charge >= 0.3 is 5.97 Å². The maximum Gasteiger partial charge on any atom is 0.307 e. The molecule has 1 saturated carbocycles. The number of nitrogens with one attached hydrogen (secondary N) is 1. The average molecular weight is 307 g/mol. The quantitative estimate of drug-likeness (QED) is 0.887. The number of amides is 1. The van der Waals surface area contributed by atoms with Gasteiger partial charge in [-0.25, -0.2) is 4.39 Å². The molecule has 2 fully saturated rings. The molecule has 6 heteroatoms. The lowest BCUT2D eigenvalue weighted by atomic mass is 9.82. The first-order valence-corrected chi connectivity index (χ1v) is 7.40. The molecule has 0 spiro atoms. The lowest BCUT2D eigenvalue weighted by molar-refractivity contribution is -0.140. The van der Waals surface area contributed by atoms with E-state index in [0.29, 0.717) is 38.0 Å². The van der Waals surface area contributed by atoms with Crippen LogP contribution in [-0.4, -0.2) is 30.2 Å². The highest BCUT2D eigenvalue weighted by Crippen LogP contribution is 2.41. The Kier molecular flexibility index (Phi) is 3.87. The van der Waals surface area contributed by atoms with Crippen molar-refractivity contribution in [2.45, 2.75) is 24.8 Å². The highest BCUT2D eigenvalue weighted by molar-refractivity contribution is 5.90. The molecule has 2 N–H and O–H groups in total. The summed E-state index contributed by atoms with van der Waals surface area (Å²) in [4.78, 5) is 23.3. The number of carboxylic acid groups (broad SMARTS) is 1. The van der Waals surface area contributed by atoms with Gasteiger partial charge < -0.3 is 15.2 Å². The van der Waals surface area contributed by atoms with Gasteiger partial charge in [-0.15, -0.1) is 0 Å². The number of benzene rings is 1. The maximum absolute atomic E-state index is 13.5. The molecule has 1 aliphatic heterocycles. The summed E-state index contributed by atoms with van der Waals surface area (Å²) in [6.07, 6.45) is 1.47. The predicted molar refractivity (Wildman–Crippen MR) is 75.5 cm³/mol. The zero-order valence-electron chi connectivity index (χ0n) is 12.0. The number of hydrogen-bond acceptors (Lipinski definition) is 3. The zero-order chi connectivity index (χ0) is 15.7. The minimum absolute atomic E-state index is 0.265. The SMILES string of the molecule is O=C(O)[C@@H]1C[C@H]1C(=O)NC1(c2cccc(F)c2)CCOCC1. The molecular weight excluding hydrogens is 289 g/mol. The van der Waals surface area contributed by atoms with Gasteiger partial charge in [0, 0.05) is 13.2 Å². The van der Waals surface area contributed by atoms with Crippen molar-refractivity contribution in [1.29, 1.82) is 0 Å². The van der Waals surface area contributed by atoms with Crippen LogP contribution in [0.3, 0.4) is 0 Å². The van der Waals surface area contributed by atoms with Crippen molar-refractivity contribution in [2.24, 2.45) is 11.8 Å². The Morgan fingerprint density at radius 1 is 1.27 bits per heavy atom. The fourth-order valence-electron chi connectivity index (χ4n) is 3.08. The van der Waals surface area contributed by atoms with Crippen molar-refractivity contribution in [3.05, 3.63) is 35.6 Å². The van der Waals surface area contributed by atoms with Crippen molar-refractivity contribution < 1.29 is 23.8 Å². The molecule has 0 unspecified atom stereocenters. The standard InChI is InChI=1S/C16H18FNO4/c17-11-3-1-2-10(8-11)16(4-6-22-7-5-16)18-14(19)12-9-13(12)15(20)21/h1-3,8,12-13H,4-7,9H2,(H,18,19)(H,20,21)/t12-,13-/m1/s1. The topological polar surface area (TPSA) is 75.6 Å². The molecular formula is C16H18FNO4. The number of hydrogen-bond donors (Lipinski definition) is 2. The number of rotatable bonds is 4. The molecule has 0 aromatic heterocycles. The van der Waals surface area contributed by atoms with Crippen LogP contribution in [0.2, 0.25) is 0 Å². The maximum atomic E-state index is 13.5. The third-order valence-electron chi connectivity index (χ3n) is 4.53. The van der Waals surface area contributed by atoms with Crippen LogP contribution in [0.1, 0.15) is 24.8 Å². The Labute approximate surface area is 127 Å². The predicted octanol–water partition coefficient (Wildman–Crippen LogP) is 1.67. The van der Waals surface area contributed by atoms with Crippen LogP contribution < -0.4 is 5.32 Å². The summed E-state index contributed by atoms with van der Waals surface area (Å²) in [5, 5.41) is 11.9. The molecule has 1 aliphatic carbocycles. The van der Waals surface area contributed by atoms with Crippen molar-refractivity contribution in [3.8, 4) is 0 Å². The van der Waals surface area contributed by atoms with Crippen molar-refractivity contribution >= 4 is 11.9 Å². The molecule has 1 aromatic carbocycles. The number of carboxylic acids is 1. The van der Waals surface area contributed by atoms with Gasteiger partial charge in [0.25, 0.3) is 0 Å². The molecule has 1 saturated heterocycles. The summed E-state index contributed by atoms with van der Waals surface area (Å²) in [5.74, 6) is -2.63. The van der Waals surface area contributed by atoms with E-state index in [2.05, 4.69) is 5.32 Å². The summed E-state index contributed by atoms with van der Waals surface area (Å²) in [6, 6.07) is 6.19. The Morgan fingerprint density at radius 3 is 2.59 bits per heavy atom. The largest absolute Gasteiger partial charge is 0.481 e. The van der Waals surface area contributed by atoms with E-state index in [1.54, 1.807) is 12.1 Å². The fourth-order valence-corrected chi connectivity index (χ4v) is 3.08. The molecule has 0 bridgehead atoms. The number of halogens is 1. The number of carbonyl (C=O) groups is 2. The lowest BCUT2D eigenvalue weighted by Crippen LogP contribution is -2.50. The van der Waals surface area contributed by atoms with Gasteiger partial charge in [-0.2, -0.15) is 0 Å². The van der Waals surface area contributed by atoms with Crippen molar-refractivity contribution in [2.75, 3.05) is 13.2 Å². The Bertz CT molecular complexity index is 598. The van der Waals surface area contributed by atoms with Crippen LogP contribution >= 0.6 is 0 Å². The van der Waals surface area contributed by atoms with E-state index in [4.69, 9.17) is 9.84 Å². The Morgan fingerprint density at radius 2 is 2.00 bits per heavy atom. The van der Waals surface area contributed by atoms with Gasteiger partial charge in [0.15, 0.2) is 0 Å². The Hall–Kier alpha value is -1.95. The first-order chi connectivity index (χ1) is 10.5. The van der Waals surface area contributed by atoms with Crippen molar-refractivity contribution in [1.82, 2.24) is 5.32 Å². The van der Waals surface area contributed by atoms with Gasteiger partial charge in [0.05, 0.1) is 17.4 Å². The van der Waals surface area contributed by atoms with Crippen molar-refractivity contribution in [3.63, 3.8) is 0 Å². The Balaban J connectivity index is 1.81. The molecule has 2 aliphatic rings. The second kappa shape index (κ2) is 5.68. The smallest absolute Gasteiger partial charge is 0.307 e. The minimum atomic E-state index is -0.938. The monoisotopic (exact) mass is 307 g/mol. The van der Waals surface area contributed by atoms with Gasteiger partial charge in [0.1, 0.15) is 5.82 Å². The molecule has 22 heavy (non-hydrogen) atoms. The number of carbonyl (C=O) groups excluding carboxylic acids is 1. The van der Waals surface area contributed by atoms with E-state index in [1.165, 1.54) is 12.1 Å². The molecule has 0 radical (unpaired) electrons. The zero-order valence-corrected chi connectivity index (χ0v) is 12.0. The summed E-state index contributed by atoms with van der Waals surface area (Å²) in [6.45, 7) is 0.952. The van der Waals surface area contributed by atoms with E-state index >= 15 is 0 Å². The molecule has 3 rings (SSSR count). The molecule has 1 heterocycles. The van der Waals surface area contributed by atoms with Crippen LogP contribution in [0.15, 0.2) is 24.3 Å². The third-order valence-corrected chi connectivity index (χ3v) is 4.53. The van der Waals surface area contributed by atoms with Gasteiger partial charge in [-0.1, -0.05) is 12.1 Å². The lowest BCUT2D eigenvalue weighted by Gasteiger charge is -2.38. The molecule has 1 aromatic rings. The molecule has 118 valence electrons. The third kappa shape index (κ3) is 2.83. The van der Waals surface area contributed by atoms with E-state index in [9.17, 15) is 14.0 Å². The summed E-state index contributed by atoms with van der Waals surface area (Å²) in [7, 11) is 0. The number of ether oxygens (including phenoxy) is 1. The van der Waals surface area contributed by atoms with E-state index in [-0.39, 0.29) is 11.7 Å². The second-order valence-electron chi connectivity index (χ2n) is 5.98. The second-order valence-corrected chi connectivity index (χ2v) is 5.98. The molecule has 2 atom stereocenters. The van der Waals surface area contributed by atoms with Crippen LogP contribution in [0, 0.1) is 17.7 Å². The first-order valence-electron chi connectivity index (χ1n) is 7.40. The van der Waals surface area contributed by atoms with Gasteiger partial charge in [-0.05, 0) is 37.0 Å². The van der Waals surface area contributed by atoms with Crippen LogP contribution in [0.4, 0.5) is 4.39 Å². The van der Waals surface area contributed by atoms with Gasteiger partial charge in [0.2, 0.25) is 5.91 Å². The summed E-state index contributed by atoms with van der Waals surface area (Å²) in [5.41, 5.74) is 0.0278. The number of aliphatic carboxylic acids is 1. The van der Waals surface area contributed by atoms with E-state index in [0.717, 1.165) is 0 Å². The highest BCUT2D eigenvalue weighted by atomic mass is 19.1. The highest BCUT2D eigenvalue weighted by Gasteiger charge is 2.50. The van der Waals surface area contributed by atoms with Crippen LogP contribution in [-0.2, 0) is 19.9 Å². The average Bonchev–Trinajstić information content (AvgIpc) is 3.29. The fraction of sp³-hybridized carbons (Fsp3) is 0.500. The van der Waals surface area contributed by atoms with Crippen LogP contribution in [0.5, 0.6) is 0 Å². The summed E-state index contributed by atoms with van der Waals surface area (Å²) >= 11 is 0. The van der Waals surface area contributed by atoms with E-state index < -0.39 is 23.3 Å². The molecule has 1 amide bonds. The van der Waals surface area contributed by atoms with Gasteiger partial charge in [-0.3, -0.25) is 9.59 Å². The summed E-state index contributed by atoms with van der Waals surface area (Å²) < 4.78 is 18.9.